The van der Waals surface area contributed by atoms with Gasteiger partial charge in [0.1, 0.15) is 0 Å². The average Bonchev–Trinajstić information content (AvgIpc) is 3.17. The highest BCUT2D eigenvalue weighted by atomic mass is 14.8. The number of hydrogen-bond acceptors (Lipinski definition) is 2. The van der Waals surface area contributed by atoms with E-state index in [9.17, 15) is 0 Å². The molecule has 5 rings (SSSR count). The Balaban J connectivity index is 1.57. The predicted octanol–water partition coefficient (Wildman–Crippen LogP) is 5.45. The molecule has 0 aliphatic rings. The quantitative estimate of drug-likeness (QED) is 0.470. The van der Waals surface area contributed by atoms with E-state index in [0.717, 1.165) is 44.6 Å². The van der Waals surface area contributed by atoms with Gasteiger partial charge in [0.25, 0.3) is 0 Å². The summed E-state index contributed by atoms with van der Waals surface area (Å²) in [6.07, 6.45) is 0. The highest BCUT2D eigenvalue weighted by Gasteiger charge is 2.07. The maximum atomic E-state index is 4.75. The summed E-state index contributed by atoms with van der Waals surface area (Å²) in [6.45, 7) is 0. The molecule has 0 radical (unpaired) electrons. The number of aromatic nitrogens is 3. The van der Waals surface area contributed by atoms with E-state index in [1.165, 1.54) is 0 Å². The third-order valence-corrected chi connectivity index (χ3v) is 4.43. The molecule has 3 aromatic heterocycles. The van der Waals surface area contributed by atoms with Crippen molar-refractivity contribution in [2.45, 2.75) is 0 Å². The summed E-state index contributed by atoms with van der Waals surface area (Å²) in [5.41, 5.74) is 5.86. The van der Waals surface area contributed by atoms with Gasteiger partial charge in [0.2, 0.25) is 0 Å². The van der Waals surface area contributed by atoms with Crippen LogP contribution in [0, 0.1) is 0 Å². The van der Waals surface area contributed by atoms with Gasteiger partial charge in [0, 0.05) is 10.8 Å². The van der Waals surface area contributed by atoms with Crippen molar-refractivity contribution in [2.24, 2.45) is 0 Å². The van der Waals surface area contributed by atoms with Crippen LogP contribution in [0.3, 0.4) is 0 Å². The van der Waals surface area contributed by atoms with Gasteiger partial charge in [-0.3, -0.25) is 0 Å². The number of pyridine rings is 2. The Morgan fingerprint density at radius 2 is 0.960 bits per heavy atom. The summed E-state index contributed by atoms with van der Waals surface area (Å²) >= 11 is 0. The first kappa shape index (κ1) is 13.9. The lowest BCUT2D eigenvalue weighted by Gasteiger charge is -2.02. The highest BCUT2D eigenvalue weighted by Crippen LogP contribution is 2.25. The monoisotopic (exact) mass is 321 g/mol. The first-order valence-electron chi connectivity index (χ1n) is 8.28. The zero-order valence-electron chi connectivity index (χ0n) is 13.5. The fourth-order valence-electron chi connectivity index (χ4n) is 3.13. The maximum absolute atomic E-state index is 4.75. The standard InChI is InChI=1S/C22H15N3/c1-3-7-17-15(5-1)9-11-19(23-17)21-13-14-22(25-21)20-12-10-16-6-2-4-8-18(16)24-20/h1-14,25H. The minimum Gasteiger partial charge on any atom is -0.352 e. The molecule has 5 aromatic rings. The van der Waals surface area contributed by atoms with Gasteiger partial charge in [0.15, 0.2) is 0 Å². The third kappa shape index (κ3) is 2.46. The van der Waals surface area contributed by atoms with E-state index >= 15 is 0 Å². The molecule has 0 atom stereocenters. The lowest BCUT2D eigenvalue weighted by molar-refractivity contribution is 1.29. The van der Waals surface area contributed by atoms with Crippen LogP contribution >= 0.6 is 0 Å². The van der Waals surface area contributed by atoms with Gasteiger partial charge in [0.05, 0.1) is 33.8 Å². The predicted molar refractivity (Wildman–Crippen MR) is 102 cm³/mol. The van der Waals surface area contributed by atoms with Crippen LogP contribution in [0.1, 0.15) is 0 Å². The number of nitrogens with one attached hydrogen (secondary N) is 1. The van der Waals surface area contributed by atoms with Crippen LogP contribution in [-0.4, -0.2) is 15.0 Å². The number of benzene rings is 2. The summed E-state index contributed by atoms with van der Waals surface area (Å²) < 4.78 is 0. The van der Waals surface area contributed by atoms with Crippen molar-refractivity contribution in [1.82, 2.24) is 15.0 Å². The van der Waals surface area contributed by atoms with E-state index in [4.69, 9.17) is 9.97 Å². The van der Waals surface area contributed by atoms with E-state index in [0.29, 0.717) is 0 Å². The van der Waals surface area contributed by atoms with Crippen LogP contribution in [-0.2, 0) is 0 Å². The van der Waals surface area contributed by atoms with Crippen molar-refractivity contribution in [3.8, 4) is 22.8 Å². The number of aromatic amines is 1. The van der Waals surface area contributed by atoms with Gasteiger partial charge < -0.3 is 4.98 Å². The third-order valence-electron chi connectivity index (χ3n) is 4.43. The van der Waals surface area contributed by atoms with Crippen LogP contribution in [0.4, 0.5) is 0 Å². The molecule has 2 aromatic carbocycles. The van der Waals surface area contributed by atoms with Gasteiger partial charge in [-0.2, -0.15) is 0 Å². The van der Waals surface area contributed by atoms with E-state index in [-0.39, 0.29) is 0 Å². The van der Waals surface area contributed by atoms with Gasteiger partial charge in [-0.25, -0.2) is 9.97 Å². The molecule has 3 nitrogen and oxygen atoms in total. The summed E-state index contributed by atoms with van der Waals surface area (Å²) in [5, 5.41) is 2.29. The lowest BCUT2D eigenvalue weighted by Crippen LogP contribution is -1.87. The SMILES string of the molecule is c1ccc2nc(-c3ccc(-c4ccc5ccccc5n4)[nH]3)ccc2c1. The summed E-state index contributed by atoms with van der Waals surface area (Å²) in [7, 11) is 0. The Hall–Kier alpha value is -3.46. The Bertz CT molecular complexity index is 1110. The Kier molecular flexibility index (Phi) is 3.10. The number of fused-ring (bicyclic) bond motifs is 2. The summed E-state index contributed by atoms with van der Waals surface area (Å²) in [5.74, 6) is 0. The molecule has 3 heteroatoms. The molecule has 25 heavy (non-hydrogen) atoms. The highest BCUT2D eigenvalue weighted by molar-refractivity contribution is 5.83. The molecule has 0 saturated carbocycles. The van der Waals surface area contributed by atoms with E-state index < -0.39 is 0 Å². The lowest BCUT2D eigenvalue weighted by atomic mass is 10.2. The molecule has 3 heterocycles. The van der Waals surface area contributed by atoms with E-state index in [2.05, 4.69) is 41.4 Å². The molecular weight excluding hydrogens is 306 g/mol. The van der Waals surface area contributed by atoms with Gasteiger partial charge in [-0.15, -0.1) is 0 Å². The molecule has 0 unspecified atom stereocenters. The van der Waals surface area contributed by atoms with Crippen molar-refractivity contribution in [1.29, 1.82) is 0 Å². The second-order valence-corrected chi connectivity index (χ2v) is 6.06. The molecule has 0 fully saturated rings. The zero-order chi connectivity index (χ0) is 16.6. The molecule has 0 aliphatic heterocycles. The fourth-order valence-corrected chi connectivity index (χ4v) is 3.13. The van der Waals surface area contributed by atoms with Gasteiger partial charge in [-0.05, 0) is 36.4 Å². The average molecular weight is 321 g/mol. The smallest absolute Gasteiger partial charge is 0.0872 e. The summed E-state index contributed by atoms with van der Waals surface area (Å²) in [4.78, 5) is 13.0. The van der Waals surface area contributed by atoms with Crippen molar-refractivity contribution in [3.63, 3.8) is 0 Å². The van der Waals surface area contributed by atoms with Crippen molar-refractivity contribution in [3.05, 3.63) is 84.9 Å². The first-order valence-corrected chi connectivity index (χ1v) is 8.28. The van der Waals surface area contributed by atoms with Crippen molar-refractivity contribution in [2.75, 3.05) is 0 Å². The van der Waals surface area contributed by atoms with Gasteiger partial charge >= 0.3 is 0 Å². The Morgan fingerprint density at radius 3 is 1.48 bits per heavy atom. The Morgan fingerprint density at radius 1 is 0.480 bits per heavy atom. The minimum atomic E-state index is 0.936. The number of hydrogen-bond donors (Lipinski definition) is 1. The molecule has 0 aliphatic carbocycles. The van der Waals surface area contributed by atoms with Crippen LogP contribution in [0.2, 0.25) is 0 Å². The van der Waals surface area contributed by atoms with Gasteiger partial charge in [-0.1, -0.05) is 48.5 Å². The molecule has 1 N–H and O–H groups in total. The topological polar surface area (TPSA) is 41.6 Å². The molecule has 0 bridgehead atoms. The van der Waals surface area contributed by atoms with E-state index in [1.807, 2.05) is 48.5 Å². The second-order valence-electron chi connectivity index (χ2n) is 6.06. The number of nitrogens with zero attached hydrogens (tertiary/aromatic N) is 2. The number of H-pyrrole nitrogens is 1. The number of para-hydroxylation sites is 2. The fraction of sp³-hybridized carbons (Fsp3) is 0. The van der Waals surface area contributed by atoms with Crippen LogP contribution in [0.25, 0.3) is 44.6 Å². The minimum absolute atomic E-state index is 0.936. The number of rotatable bonds is 2. The Labute approximate surface area is 145 Å². The molecule has 0 amide bonds. The zero-order valence-corrected chi connectivity index (χ0v) is 13.5. The largest absolute Gasteiger partial charge is 0.352 e. The van der Waals surface area contributed by atoms with Crippen molar-refractivity contribution >= 4 is 21.8 Å². The molecule has 0 spiro atoms. The van der Waals surface area contributed by atoms with Crippen LogP contribution in [0.5, 0.6) is 0 Å². The normalized spacial score (nSPS) is 11.2. The summed E-state index contributed by atoms with van der Waals surface area (Å²) in [6, 6.07) is 28.7. The van der Waals surface area contributed by atoms with Crippen LogP contribution < -0.4 is 0 Å². The second kappa shape index (κ2) is 5.56. The van der Waals surface area contributed by atoms with E-state index in [1.54, 1.807) is 0 Å². The first-order chi connectivity index (χ1) is 12.4. The van der Waals surface area contributed by atoms with Crippen molar-refractivity contribution < 1.29 is 0 Å². The maximum Gasteiger partial charge on any atom is 0.0872 e. The molecular formula is C22H15N3. The van der Waals surface area contributed by atoms with Crippen LogP contribution in [0.15, 0.2) is 84.9 Å². The molecule has 118 valence electrons. The molecule has 0 saturated heterocycles.